The van der Waals surface area contributed by atoms with E-state index in [2.05, 4.69) is 30.4 Å². The molecule has 1 heterocycles. The number of hydrogen-bond donors (Lipinski definition) is 2. The van der Waals surface area contributed by atoms with Crippen LogP contribution >= 0.6 is 0 Å². The molecule has 1 fully saturated rings. The fraction of sp³-hybridized carbons (Fsp3) is 0.381. The van der Waals surface area contributed by atoms with Crippen LogP contribution < -0.4 is 10.2 Å². The summed E-state index contributed by atoms with van der Waals surface area (Å²) in [6.45, 7) is 2.93. The molecule has 0 bridgehead atoms. The van der Waals surface area contributed by atoms with E-state index in [1.54, 1.807) is 0 Å². The molecule has 0 radical (unpaired) electrons. The van der Waals surface area contributed by atoms with Gasteiger partial charge in [-0.25, -0.2) is 0 Å². The van der Waals surface area contributed by atoms with E-state index >= 15 is 0 Å². The standard InChI is InChI=1S/C21H24N2O2/c1-14(22-19-13-16-5-2-3-6-18(16)21(19)25)15-8-10-17(11-9-15)23-12-4-7-20(23)24/h2-3,5-6,8-11,14,19,21-22,25H,4,7,12-13H2,1H3. The van der Waals surface area contributed by atoms with E-state index in [0.717, 1.165) is 30.6 Å². The molecule has 2 aliphatic rings. The third-order valence-electron chi connectivity index (χ3n) is 5.44. The number of carbonyl (C=O) groups excluding carboxylic acids is 1. The predicted octanol–water partition coefficient (Wildman–Crippen LogP) is 3.12. The highest BCUT2D eigenvalue weighted by molar-refractivity contribution is 5.95. The molecule has 3 atom stereocenters. The lowest BCUT2D eigenvalue weighted by atomic mass is 10.0. The molecule has 2 aromatic carbocycles. The van der Waals surface area contributed by atoms with Crippen molar-refractivity contribution in [2.45, 2.75) is 44.4 Å². The van der Waals surface area contributed by atoms with Crippen molar-refractivity contribution in [1.29, 1.82) is 0 Å². The normalized spacial score (nSPS) is 23.8. The predicted molar refractivity (Wildman–Crippen MR) is 98.5 cm³/mol. The zero-order chi connectivity index (χ0) is 17.4. The molecule has 25 heavy (non-hydrogen) atoms. The molecule has 2 N–H and O–H groups in total. The van der Waals surface area contributed by atoms with Crippen LogP contribution in [0.25, 0.3) is 0 Å². The van der Waals surface area contributed by atoms with E-state index in [9.17, 15) is 9.90 Å². The highest BCUT2D eigenvalue weighted by Crippen LogP contribution is 2.32. The van der Waals surface area contributed by atoms with E-state index in [1.165, 1.54) is 11.1 Å². The first-order valence-electron chi connectivity index (χ1n) is 9.06. The highest BCUT2D eigenvalue weighted by Gasteiger charge is 2.31. The van der Waals surface area contributed by atoms with Crippen molar-refractivity contribution in [3.05, 3.63) is 65.2 Å². The Kier molecular flexibility index (Phi) is 4.32. The van der Waals surface area contributed by atoms with Crippen molar-refractivity contribution in [3.8, 4) is 0 Å². The Labute approximate surface area is 148 Å². The largest absolute Gasteiger partial charge is 0.387 e. The maximum absolute atomic E-state index is 11.9. The quantitative estimate of drug-likeness (QED) is 0.902. The lowest BCUT2D eigenvalue weighted by molar-refractivity contribution is -0.117. The van der Waals surface area contributed by atoms with Gasteiger partial charge in [-0.05, 0) is 48.6 Å². The Balaban J connectivity index is 1.43. The number of aliphatic hydroxyl groups is 1. The molecule has 1 aliphatic carbocycles. The number of fused-ring (bicyclic) bond motifs is 1. The zero-order valence-corrected chi connectivity index (χ0v) is 14.5. The number of nitrogens with zero attached hydrogens (tertiary/aromatic N) is 1. The molecule has 0 aromatic heterocycles. The molecule has 1 aliphatic heterocycles. The monoisotopic (exact) mass is 336 g/mol. The summed E-state index contributed by atoms with van der Waals surface area (Å²) in [6, 6.07) is 16.5. The van der Waals surface area contributed by atoms with Crippen molar-refractivity contribution >= 4 is 11.6 Å². The van der Waals surface area contributed by atoms with Crippen molar-refractivity contribution in [3.63, 3.8) is 0 Å². The van der Waals surface area contributed by atoms with Gasteiger partial charge < -0.3 is 15.3 Å². The average Bonchev–Trinajstić information content (AvgIpc) is 3.19. The van der Waals surface area contributed by atoms with Crippen LogP contribution in [0.4, 0.5) is 5.69 Å². The van der Waals surface area contributed by atoms with Gasteiger partial charge in [0, 0.05) is 30.7 Å². The molecule has 4 nitrogen and oxygen atoms in total. The van der Waals surface area contributed by atoms with Crippen LogP contribution in [0.2, 0.25) is 0 Å². The molecule has 1 amide bonds. The fourth-order valence-electron chi connectivity index (χ4n) is 4.01. The number of benzene rings is 2. The maximum Gasteiger partial charge on any atom is 0.227 e. The number of aliphatic hydroxyl groups excluding tert-OH is 1. The van der Waals surface area contributed by atoms with Gasteiger partial charge in [0.05, 0.1) is 6.10 Å². The van der Waals surface area contributed by atoms with Crippen LogP contribution in [0.1, 0.15) is 48.6 Å². The third kappa shape index (κ3) is 3.08. The molecule has 4 rings (SSSR count). The van der Waals surface area contributed by atoms with Gasteiger partial charge in [-0.3, -0.25) is 4.79 Å². The Hall–Kier alpha value is -2.17. The second-order valence-electron chi connectivity index (χ2n) is 7.08. The molecule has 0 saturated carbocycles. The highest BCUT2D eigenvalue weighted by atomic mass is 16.3. The van der Waals surface area contributed by atoms with Gasteiger partial charge in [-0.15, -0.1) is 0 Å². The fourth-order valence-corrected chi connectivity index (χ4v) is 4.01. The smallest absolute Gasteiger partial charge is 0.227 e. The number of amides is 1. The topological polar surface area (TPSA) is 52.6 Å². The van der Waals surface area contributed by atoms with Crippen LogP contribution in [0.3, 0.4) is 0 Å². The first kappa shape index (κ1) is 16.3. The number of hydrogen-bond acceptors (Lipinski definition) is 3. The summed E-state index contributed by atoms with van der Waals surface area (Å²) in [4.78, 5) is 13.7. The van der Waals surface area contributed by atoms with E-state index in [-0.39, 0.29) is 18.0 Å². The summed E-state index contributed by atoms with van der Waals surface area (Å²) in [5, 5.41) is 14.1. The molecule has 0 spiro atoms. The molecule has 3 unspecified atom stereocenters. The number of nitrogens with one attached hydrogen (secondary N) is 1. The first-order valence-corrected chi connectivity index (χ1v) is 9.06. The summed E-state index contributed by atoms with van der Waals surface area (Å²) < 4.78 is 0. The summed E-state index contributed by atoms with van der Waals surface area (Å²) in [6.07, 6.45) is 1.99. The van der Waals surface area contributed by atoms with Crippen molar-refractivity contribution in [2.24, 2.45) is 0 Å². The summed E-state index contributed by atoms with van der Waals surface area (Å²) >= 11 is 0. The van der Waals surface area contributed by atoms with Gasteiger partial charge in [0.1, 0.15) is 0 Å². The lowest BCUT2D eigenvalue weighted by Gasteiger charge is -2.23. The minimum Gasteiger partial charge on any atom is -0.387 e. The van der Waals surface area contributed by atoms with Gasteiger partial charge in [-0.1, -0.05) is 36.4 Å². The van der Waals surface area contributed by atoms with Crippen LogP contribution in [0.5, 0.6) is 0 Å². The molecular formula is C21H24N2O2. The number of anilines is 1. The van der Waals surface area contributed by atoms with E-state index in [4.69, 9.17) is 0 Å². The second-order valence-corrected chi connectivity index (χ2v) is 7.08. The summed E-state index contributed by atoms with van der Waals surface area (Å²) in [7, 11) is 0. The Bertz CT molecular complexity index is 772. The molecular weight excluding hydrogens is 312 g/mol. The maximum atomic E-state index is 11.9. The van der Waals surface area contributed by atoms with Crippen LogP contribution in [0, 0.1) is 0 Å². The van der Waals surface area contributed by atoms with Crippen LogP contribution in [-0.2, 0) is 11.2 Å². The minimum atomic E-state index is -0.458. The molecule has 2 aromatic rings. The summed E-state index contributed by atoms with van der Waals surface area (Å²) in [5.41, 5.74) is 4.41. The Morgan fingerprint density at radius 3 is 2.60 bits per heavy atom. The van der Waals surface area contributed by atoms with Gasteiger partial charge in [0.25, 0.3) is 0 Å². The number of carbonyl (C=O) groups is 1. The van der Waals surface area contributed by atoms with E-state index in [0.29, 0.717) is 6.42 Å². The Morgan fingerprint density at radius 1 is 1.16 bits per heavy atom. The second kappa shape index (κ2) is 6.62. The van der Waals surface area contributed by atoms with Gasteiger partial charge in [-0.2, -0.15) is 0 Å². The Morgan fingerprint density at radius 2 is 1.92 bits per heavy atom. The average molecular weight is 336 g/mol. The van der Waals surface area contributed by atoms with Crippen molar-refractivity contribution in [1.82, 2.24) is 5.32 Å². The van der Waals surface area contributed by atoms with Gasteiger partial charge >= 0.3 is 0 Å². The van der Waals surface area contributed by atoms with Gasteiger partial charge in [0.2, 0.25) is 5.91 Å². The lowest BCUT2D eigenvalue weighted by Crippen LogP contribution is -2.34. The van der Waals surface area contributed by atoms with Crippen LogP contribution in [-0.4, -0.2) is 23.6 Å². The van der Waals surface area contributed by atoms with E-state index in [1.807, 2.05) is 35.2 Å². The summed E-state index contributed by atoms with van der Waals surface area (Å²) in [5.74, 6) is 0.214. The molecule has 130 valence electrons. The van der Waals surface area contributed by atoms with Crippen molar-refractivity contribution < 1.29 is 9.90 Å². The molecule has 4 heteroatoms. The van der Waals surface area contributed by atoms with Gasteiger partial charge in [0.15, 0.2) is 0 Å². The number of rotatable bonds is 4. The van der Waals surface area contributed by atoms with Crippen LogP contribution in [0.15, 0.2) is 48.5 Å². The molecule has 1 saturated heterocycles. The van der Waals surface area contributed by atoms with Crippen molar-refractivity contribution in [2.75, 3.05) is 11.4 Å². The zero-order valence-electron chi connectivity index (χ0n) is 14.5. The third-order valence-corrected chi connectivity index (χ3v) is 5.44. The van der Waals surface area contributed by atoms with E-state index < -0.39 is 6.10 Å². The SMILES string of the molecule is CC(NC1Cc2ccccc2C1O)c1ccc(N2CCCC2=O)cc1. The minimum absolute atomic E-state index is 0.0345. The first-order chi connectivity index (χ1) is 12.1.